The molecular weight excluding hydrogens is 221 g/mol. The van der Waals surface area contributed by atoms with Crippen LogP contribution in [0.1, 0.15) is 0 Å². The van der Waals surface area contributed by atoms with Crippen LogP contribution < -0.4 is 0 Å². The van der Waals surface area contributed by atoms with Crippen molar-refractivity contribution in [3.05, 3.63) is 0 Å². The summed E-state index contributed by atoms with van der Waals surface area (Å²) in [6.07, 6.45) is 0. The van der Waals surface area contributed by atoms with Crippen LogP contribution in [0.25, 0.3) is 0 Å². The van der Waals surface area contributed by atoms with Crippen LogP contribution in [0.3, 0.4) is 0 Å². The first-order valence-electron chi connectivity index (χ1n) is 0.309. The minimum absolute atomic E-state index is 0. The Bertz CT molecular complexity index is 6.00. The van der Waals surface area contributed by atoms with E-state index in [0.29, 0.717) is 0 Å². The summed E-state index contributed by atoms with van der Waals surface area (Å²) in [5, 5.41) is 1.25. The van der Waals surface area contributed by atoms with Crippen LogP contribution >= 0.6 is 0 Å². The van der Waals surface area contributed by atoms with Gasteiger partial charge in [0.1, 0.15) is 0 Å². The number of rotatable bonds is 0. The summed E-state index contributed by atoms with van der Waals surface area (Å²) in [5.74, 6) is 0. The summed E-state index contributed by atoms with van der Waals surface area (Å²) in [5.41, 5.74) is 0. The van der Waals surface area contributed by atoms with Crippen molar-refractivity contribution in [3.8, 4) is 0 Å². The van der Waals surface area contributed by atoms with Gasteiger partial charge in [-0.3, -0.25) is 0 Å². The van der Waals surface area contributed by atoms with Gasteiger partial charge in [-0.05, 0) is 9.05 Å². The van der Waals surface area contributed by atoms with Crippen molar-refractivity contribution in [3.63, 3.8) is 0 Å². The quantitative estimate of drug-likeness (QED) is 0.587. The molecule has 1 nitrogen and oxygen atoms in total. The van der Waals surface area contributed by atoms with Crippen molar-refractivity contribution >= 4 is 0 Å². The zero-order valence-corrected chi connectivity index (χ0v) is 3.31. The van der Waals surface area contributed by atoms with Gasteiger partial charge in [0.15, 0.2) is 0 Å². The Morgan fingerprint density at radius 1 is 1.25 bits per heavy atom. The molecule has 0 spiro atoms. The molecule has 0 unspecified atom stereocenters. The molecule has 4 heavy (non-hydrogen) atoms. The second-order valence-corrected chi connectivity index (χ2v) is 0.0583. The number of halogens is 2. The van der Waals surface area contributed by atoms with E-state index in [1.54, 1.807) is 0 Å². The summed E-state index contributed by atoms with van der Waals surface area (Å²) in [6, 6.07) is 0. The molecule has 32 valence electrons. The zero-order chi connectivity index (χ0) is 2.71. The average Bonchev–Trinajstić information content (AvgIpc) is 0.918. The molecule has 0 aliphatic rings. The van der Waals surface area contributed by atoms with Gasteiger partial charge in [-0.25, -0.2) is 0 Å². The summed E-state index contributed by atoms with van der Waals surface area (Å²) < 4.78 is 18.2. The molecular formula is ErF2O. The molecule has 0 saturated carbocycles. The fourth-order valence-corrected chi connectivity index (χ4v) is 0. The van der Waals surface area contributed by atoms with E-state index in [1.165, 1.54) is 5.15 Å². The van der Waals surface area contributed by atoms with Gasteiger partial charge in [0.05, 0.1) is 0 Å². The maximum Gasteiger partial charge on any atom is 0.0209 e. The maximum absolute atomic E-state index is 9.12. The molecule has 0 bridgehead atoms. The molecule has 0 fully saturated rings. The minimum Gasteiger partial charge on any atom is -0.0104 e. The Hall–Kier alpha value is 1.07. The number of hydrogen-bond acceptors (Lipinski definition) is 1. The summed E-state index contributed by atoms with van der Waals surface area (Å²) in [4.78, 5) is 0. The molecule has 4 heteroatoms. The van der Waals surface area contributed by atoms with Crippen LogP contribution in [-0.4, -0.2) is 0 Å². The van der Waals surface area contributed by atoms with Crippen molar-refractivity contribution in [2.24, 2.45) is 0 Å². The van der Waals surface area contributed by atoms with E-state index in [-0.39, 0.29) is 37.3 Å². The fraction of sp³-hybridized carbons (Fsp3) is 0. The Morgan fingerprint density at radius 3 is 1.25 bits per heavy atom. The van der Waals surface area contributed by atoms with E-state index < -0.39 is 0 Å². The smallest absolute Gasteiger partial charge is 0.0104 e. The first kappa shape index (κ1) is 8.91. The maximum atomic E-state index is 9.12. The van der Waals surface area contributed by atoms with Crippen LogP contribution in [-0.2, 0) is 5.15 Å². The first-order chi connectivity index (χ1) is 1.41. The van der Waals surface area contributed by atoms with Gasteiger partial charge in [-0.1, -0.05) is 0 Å². The standard InChI is InChI=1S/Er.F2O/c;1-3-2. The summed E-state index contributed by atoms with van der Waals surface area (Å²) in [7, 11) is 0. The van der Waals surface area contributed by atoms with Gasteiger partial charge in [0.2, 0.25) is 0 Å². The second-order valence-electron chi connectivity index (χ2n) is 0.0583. The zero-order valence-electron chi connectivity index (χ0n) is 1.45. The van der Waals surface area contributed by atoms with Crippen LogP contribution in [0.2, 0.25) is 0 Å². The van der Waals surface area contributed by atoms with Crippen molar-refractivity contribution in [1.82, 2.24) is 0 Å². The second kappa shape index (κ2) is 8.95. The summed E-state index contributed by atoms with van der Waals surface area (Å²) in [6.45, 7) is 0. The van der Waals surface area contributed by atoms with E-state index >= 15 is 0 Å². The van der Waals surface area contributed by atoms with Gasteiger partial charge >= 0.3 is 0 Å². The van der Waals surface area contributed by atoms with Crippen molar-refractivity contribution < 1.29 is 51.5 Å². The molecule has 0 aromatic rings. The van der Waals surface area contributed by atoms with Crippen LogP contribution in [0.5, 0.6) is 0 Å². The SMILES string of the molecule is FOF.[Er]. The van der Waals surface area contributed by atoms with E-state index in [1.807, 2.05) is 0 Å². The first-order valence-corrected chi connectivity index (χ1v) is 0.309. The monoisotopic (exact) mass is 220 g/mol. The molecule has 0 amide bonds. The van der Waals surface area contributed by atoms with E-state index in [4.69, 9.17) is 9.05 Å². The van der Waals surface area contributed by atoms with E-state index in [0.717, 1.165) is 0 Å². The Balaban J connectivity index is 0. The molecule has 0 aliphatic carbocycles. The molecule has 0 atom stereocenters. The van der Waals surface area contributed by atoms with Crippen molar-refractivity contribution in [2.45, 2.75) is 0 Å². The van der Waals surface area contributed by atoms with Crippen LogP contribution in [0.15, 0.2) is 0 Å². The Morgan fingerprint density at radius 2 is 1.25 bits per heavy atom. The van der Waals surface area contributed by atoms with Gasteiger partial charge in [0.25, 0.3) is 0 Å². The molecule has 0 rings (SSSR count). The predicted octanol–water partition coefficient (Wildman–Crippen LogP) is 0.772. The minimum atomic E-state index is 0. The van der Waals surface area contributed by atoms with Crippen molar-refractivity contribution in [2.75, 3.05) is 0 Å². The third-order valence-corrected chi connectivity index (χ3v) is 0. The van der Waals surface area contributed by atoms with Gasteiger partial charge < -0.3 is 0 Å². The molecule has 0 N–H and O–H groups in total. The summed E-state index contributed by atoms with van der Waals surface area (Å²) >= 11 is 0. The Labute approximate surface area is 51.3 Å². The third kappa shape index (κ3) is 11.5. The molecule has 0 saturated heterocycles. The Kier molecular flexibility index (Phi) is 19.9. The topological polar surface area (TPSA) is 9.23 Å². The van der Waals surface area contributed by atoms with Crippen LogP contribution in [0.4, 0.5) is 9.05 Å². The molecule has 0 aliphatic heterocycles. The van der Waals surface area contributed by atoms with Crippen molar-refractivity contribution in [1.29, 1.82) is 0 Å². The van der Waals surface area contributed by atoms with Gasteiger partial charge in [-0.2, -0.15) is 0 Å². The molecule has 0 aromatic carbocycles. The fourth-order valence-electron chi connectivity index (χ4n) is 0. The molecule has 0 heterocycles. The molecule has 0 radical (unpaired) electrons. The van der Waals surface area contributed by atoms with Crippen LogP contribution in [0, 0.1) is 37.3 Å². The van der Waals surface area contributed by atoms with E-state index in [9.17, 15) is 0 Å². The normalized spacial score (nSPS) is 4.50. The molecule has 0 aromatic heterocycles. The van der Waals surface area contributed by atoms with Gasteiger partial charge in [0, 0.05) is 42.5 Å². The largest absolute Gasteiger partial charge is 0.0209 e. The third-order valence-electron chi connectivity index (χ3n) is 0. The average molecular weight is 221 g/mol. The van der Waals surface area contributed by atoms with E-state index in [2.05, 4.69) is 0 Å². The number of hydrogen-bond donors (Lipinski definition) is 0. The van der Waals surface area contributed by atoms with Gasteiger partial charge in [-0.15, -0.1) is 0 Å². The predicted molar refractivity (Wildman–Crippen MR) is 3.30 cm³/mol.